The number of hydrogen-bond donors (Lipinski definition) is 3. The fourth-order valence-electron chi connectivity index (χ4n) is 1.85. The van der Waals surface area contributed by atoms with E-state index in [1.807, 2.05) is 0 Å². The maximum Gasteiger partial charge on any atom is 0.337 e. The molecule has 1 atom stereocenters. The van der Waals surface area contributed by atoms with Crippen LogP contribution in [-0.2, 0) is 9.47 Å². The van der Waals surface area contributed by atoms with Gasteiger partial charge in [-0.2, -0.15) is 0 Å². The van der Waals surface area contributed by atoms with Crippen LogP contribution >= 0.6 is 0 Å². The molecular formula is C13H15FN2O5. The molecule has 21 heavy (non-hydrogen) atoms. The van der Waals surface area contributed by atoms with E-state index in [1.54, 1.807) is 0 Å². The van der Waals surface area contributed by atoms with E-state index in [4.69, 9.17) is 14.6 Å². The predicted octanol–water partition coefficient (Wildman–Crippen LogP) is 1.06. The van der Waals surface area contributed by atoms with Crippen LogP contribution in [0.5, 0.6) is 0 Å². The van der Waals surface area contributed by atoms with E-state index in [0.717, 1.165) is 6.07 Å². The molecule has 7 nitrogen and oxygen atoms in total. The van der Waals surface area contributed by atoms with Crippen LogP contribution < -0.4 is 10.6 Å². The molecular weight excluding hydrogens is 283 g/mol. The number of hydrogen-bond acceptors (Lipinski definition) is 4. The molecule has 1 aliphatic heterocycles. The smallest absolute Gasteiger partial charge is 0.337 e. The Morgan fingerprint density at radius 3 is 2.86 bits per heavy atom. The lowest BCUT2D eigenvalue weighted by molar-refractivity contribution is -0.0852. The highest BCUT2D eigenvalue weighted by Gasteiger charge is 2.18. The van der Waals surface area contributed by atoms with E-state index in [-0.39, 0.29) is 23.9 Å². The minimum atomic E-state index is -1.33. The molecule has 1 heterocycles. The van der Waals surface area contributed by atoms with Crippen molar-refractivity contribution in [1.82, 2.24) is 5.32 Å². The average Bonchev–Trinajstić information content (AvgIpc) is 2.48. The minimum absolute atomic E-state index is 0.183. The summed E-state index contributed by atoms with van der Waals surface area (Å²) in [6, 6.07) is 2.82. The number of urea groups is 1. The van der Waals surface area contributed by atoms with Crippen molar-refractivity contribution in [2.45, 2.75) is 6.10 Å². The predicted molar refractivity (Wildman–Crippen MR) is 70.9 cm³/mol. The van der Waals surface area contributed by atoms with E-state index in [9.17, 15) is 14.0 Å². The van der Waals surface area contributed by atoms with Gasteiger partial charge in [-0.1, -0.05) is 6.07 Å². The fraction of sp³-hybridized carbons (Fsp3) is 0.385. The normalized spacial score (nSPS) is 18.0. The lowest BCUT2D eigenvalue weighted by atomic mass is 10.1. The Kier molecular flexibility index (Phi) is 5.07. The van der Waals surface area contributed by atoms with Crippen molar-refractivity contribution in [3.63, 3.8) is 0 Å². The number of anilines is 1. The van der Waals surface area contributed by atoms with Crippen LogP contribution in [0.2, 0.25) is 0 Å². The quantitative estimate of drug-likeness (QED) is 0.772. The Morgan fingerprint density at radius 1 is 1.38 bits per heavy atom. The fourth-order valence-corrected chi connectivity index (χ4v) is 1.85. The highest BCUT2D eigenvalue weighted by Crippen LogP contribution is 2.19. The third kappa shape index (κ3) is 4.14. The maximum absolute atomic E-state index is 13.6. The maximum atomic E-state index is 13.6. The number of aromatic carboxylic acids is 1. The Bertz CT molecular complexity index is 531. The van der Waals surface area contributed by atoms with Gasteiger partial charge in [-0.25, -0.2) is 14.0 Å². The summed E-state index contributed by atoms with van der Waals surface area (Å²) in [5.74, 6) is -2.14. The van der Waals surface area contributed by atoms with Gasteiger partial charge in [0.05, 0.1) is 37.2 Å². The number of carbonyl (C=O) groups excluding carboxylic acids is 1. The summed E-state index contributed by atoms with van der Waals surface area (Å²) in [4.78, 5) is 22.7. The Balaban J connectivity index is 1.94. The summed E-state index contributed by atoms with van der Waals surface area (Å²) in [5.41, 5.74) is -0.689. The molecule has 1 fully saturated rings. The van der Waals surface area contributed by atoms with Crippen LogP contribution in [0, 0.1) is 5.82 Å². The topological polar surface area (TPSA) is 96.9 Å². The molecule has 1 aromatic rings. The summed E-state index contributed by atoms with van der Waals surface area (Å²) < 4.78 is 24.1. The van der Waals surface area contributed by atoms with E-state index in [2.05, 4.69) is 10.6 Å². The summed E-state index contributed by atoms with van der Waals surface area (Å²) >= 11 is 0. The zero-order valence-corrected chi connectivity index (χ0v) is 11.1. The van der Waals surface area contributed by atoms with E-state index in [0.29, 0.717) is 19.8 Å². The molecule has 114 valence electrons. The summed E-state index contributed by atoms with van der Waals surface area (Å²) in [6.45, 7) is 1.51. The molecule has 1 unspecified atom stereocenters. The first-order valence-electron chi connectivity index (χ1n) is 6.34. The number of amides is 2. The molecule has 0 radical (unpaired) electrons. The van der Waals surface area contributed by atoms with Crippen molar-refractivity contribution in [3.05, 3.63) is 29.6 Å². The Morgan fingerprint density at radius 2 is 2.19 bits per heavy atom. The van der Waals surface area contributed by atoms with E-state index < -0.39 is 17.8 Å². The number of para-hydroxylation sites is 1. The highest BCUT2D eigenvalue weighted by atomic mass is 19.1. The van der Waals surface area contributed by atoms with Gasteiger partial charge in [0.25, 0.3) is 0 Å². The summed E-state index contributed by atoms with van der Waals surface area (Å²) in [5, 5.41) is 13.6. The third-order valence-corrected chi connectivity index (χ3v) is 2.86. The number of nitrogens with one attached hydrogen (secondary N) is 2. The van der Waals surface area contributed by atoms with Gasteiger partial charge >= 0.3 is 12.0 Å². The van der Waals surface area contributed by atoms with Gasteiger partial charge in [0.1, 0.15) is 5.82 Å². The van der Waals surface area contributed by atoms with Crippen LogP contribution in [0.3, 0.4) is 0 Å². The second kappa shape index (κ2) is 7.00. The molecule has 0 saturated carbocycles. The second-order valence-corrected chi connectivity index (χ2v) is 4.37. The zero-order chi connectivity index (χ0) is 15.2. The lowest BCUT2D eigenvalue weighted by Crippen LogP contribution is -2.41. The lowest BCUT2D eigenvalue weighted by Gasteiger charge is -2.23. The average molecular weight is 298 g/mol. The van der Waals surface area contributed by atoms with Gasteiger partial charge in [0.15, 0.2) is 0 Å². The van der Waals surface area contributed by atoms with Gasteiger partial charge in [0.2, 0.25) is 0 Å². The van der Waals surface area contributed by atoms with Crippen molar-refractivity contribution in [1.29, 1.82) is 0 Å². The van der Waals surface area contributed by atoms with Crippen molar-refractivity contribution in [3.8, 4) is 0 Å². The largest absolute Gasteiger partial charge is 0.478 e. The molecule has 0 aliphatic carbocycles. The molecule has 2 rings (SSSR count). The Labute approximate surface area is 120 Å². The van der Waals surface area contributed by atoms with E-state index >= 15 is 0 Å². The number of carboxylic acids is 1. The monoisotopic (exact) mass is 298 g/mol. The van der Waals surface area contributed by atoms with Gasteiger partial charge < -0.3 is 25.2 Å². The highest BCUT2D eigenvalue weighted by molar-refractivity contribution is 6.00. The van der Waals surface area contributed by atoms with Crippen LogP contribution in [0.15, 0.2) is 18.2 Å². The Hall–Kier alpha value is -2.19. The number of carbonyl (C=O) groups is 2. The standard InChI is InChI=1S/C13H15FN2O5/c14-10-3-1-2-9(12(17)18)11(10)16-13(19)15-6-8-7-20-4-5-21-8/h1-3,8H,4-7H2,(H,17,18)(H2,15,16,19). The number of benzene rings is 1. The summed E-state index contributed by atoms with van der Waals surface area (Å²) in [6.07, 6.45) is -0.274. The number of rotatable bonds is 4. The molecule has 3 N–H and O–H groups in total. The molecule has 0 spiro atoms. The van der Waals surface area contributed by atoms with Crippen molar-refractivity contribution < 1.29 is 28.6 Å². The molecule has 0 aromatic heterocycles. The van der Waals surface area contributed by atoms with Gasteiger partial charge in [-0.15, -0.1) is 0 Å². The number of ether oxygens (including phenoxy) is 2. The van der Waals surface area contributed by atoms with Gasteiger partial charge in [-0.05, 0) is 12.1 Å². The number of halogens is 1. The first-order chi connectivity index (χ1) is 10.1. The van der Waals surface area contributed by atoms with Crippen LogP contribution in [0.1, 0.15) is 10.4 Å². The number of carboxylic acid groups (broad SMARTS) is 1. The summed E-state index contributed by atoms with van der Waals surface area (Å²) in [7, 11) is 0. The molecule has 1 aromatic carbocycles. The van der Waals surface area contributed by atoms with Gasteiger partial charge in [0, 0.05) is 6.54 Å². The van der Waals surface area contributed by atoms with E-state index in [1.165, 1.54) is 12.1 Å². The second-order valence-electron chi connectivity index (χ2n) is 4.37. The minimum Gasteiger partial charge on any atom is -0.478 e. The van der Waals surface area contributed by atoms with Crippen molar-refractivity contribution >= 4 is 17.7 Å². The molecule has 2 amide bonds. The molecule has 1 saturated heterocycles. The zero-order valence-electron chi connectivity index (χ0n) is 11.1. The first-order valence-corrected chi connectivity index (χ1v) is 6.34. The molecule has 8 heteroatoms. The molecule has 1 aliphatic rings. The van der Waals surface area contributed by atoms with Crippen LogP contribution in [0.4, 0.5) is 14.9 Å². The van der Waals surface area contributed by atoms with Crippen LogP contribution in [-0.4, -0.2) is 49.6 Å². The molecule has 0 bridgehead atoms. The van der Waals surface area contributed by atoms with Crippen LogP contribution in [0.25, 0.3) is 0 Å². The third-order valence-electron chi connectivity index (χ3n) is 2.86. The SMILES string of the molecule is O=C(NCC1COCCO1)Nc1c(F)cccc1C(=O)O. The van der Waals surface area contributed by atoms with Gasteiger partial charge in [-0.3, -0.25) is 0 Å². The van der Waals surface area contributed by atoms with Crippen molar-refractivity contribution in [2.24, 2.45) is 0 Å². The first kappa shape index (κ1) is 15.2. The van der Waals surface area contributed by atoms with Crippen molar-refractivity contribution in [2.75, 3.05) is 31.7 Å².